The molecule has 1 aliphatic rings. The minimum absolute atomic E-state index is 0.136. The van der Waals surface area contributed by atoms with Gasteiger partial charge >= 0.3 is 0 Å². The van der Waals surface area contributed by atoms with Crippen LogP contribution in [0.2, 0.25) is 0 Å². The van der Waals surface area contributed by atoms with Crippen molar-refractivity contribution in [3.63, 3.8) is 0 Å². The van der Waals surface area contributed by atoms with E-state index in [2.05, 4.69) is 49.4 Å². The van der Waals surface area contributed by atoms with E-state index in [-0.39, 0.29) is 11.6 Å². The zero-order chi connectivity index (χ0) is 12.6. The highest BCUT2D eigenvalue weighted by Crippen LogP contribution is 2.29. The molecule has 3 rings (SSSR count). The zero-order valence-electron chi connectivity index (χ0n) is 10.7. The van der Waals surface area contributed by atoms with E-state index in [9.17, 15) is 0 Å². The largest absolute Gasteiger partial charge is 0.377 e. The summed E-state index contributed by atoms with van der Waals surface area (Å²) in [6, 6.07) is 14.9. The summed E-state index contributed by atoms with van der Waals surface area (Å²) >= 11 is 0. The molecule has 2 N–H and O–H groups in total. The average Bonchev–Trinajstić information content (AvgIpc) is 2.70. The molecule has 0 aliphatic carbocycles. The smallest absolute Gasteiger partial charge is 0.0730 e. The molecule has 94 valence electrons. The third-order valence-electron chi connectivity index (χ3n) is 4.14. The molecule has 0 saturated carbocycles. The minimum atomic E-state index is -0.218. The van der Waals surface area contributed by atoms with Crippen LogP contribution in [-0.4, -0.2) is 18.2 Å². The van der Waals surface area contributed by atoms with E-state index in [1.54, 1.807) is 0 Å². The van der Waals surface area contributed by atoms with Gasteiger partial charge in [-0.05, 0) is 36.1 Å². The van der Waals surface area contributed by atoms with Gasteiger partial charge in [0.2, 0.25) is 0 Å². The minimum Gasteiger partial charge on any atom is -0.377 e. The van der Waals surface area contributed by atoms with Crippen LogP contribution in [0.25, 0.3) is 10.8 Å². The van der Waals surface area contributed by atoms with Crippen LogP contribution < -0.4 is 5.73 Å². The summed E-state index contributed by atoms with van der Waals surface area (Å²) in [7, 11) is 0. The Balaban J connectivity index is 2.00. The lowest BCUT2D eigenvalue weighted by Gasteiger charge is -2.28. The molecule has 2 heteroatoms. The van der Waals surface area contributed by atoms with E-state index in [1.165, 1.54) is 16.3 Å². The molecule has 1 fully saturated rings. The van der Waals surface area contributed by atoms with Gasteiger partial charge in [0.25, 0.3) is 0 Å². The van der Waals surface area contributed by atoms with Gasteiger partial charge in [0.1, 0.15) is 0 Å². The molecule has 0 bridgehead atoms. The molecular weight excluding hydrogens is 222 g/mol. The third kappa shape index (κ3) is 1.92. The fraction of sp³-hybridized carbons (Fsp3) is 0.375. The van der Waals surface area contributed by atoms with Crippen LogP contribution in [0.4, 0.5) is 0 Å². The van der Waals surface area contributed by atoms with E-state index in [4.69, 9.17) is 10.5 Å². The molecule has 2 aromatic rings. The van der Waals surface area contributed by atoms with Crippen LogP contribution in [0.1, 0.15) is 18.9 Å². The highest BCUT2D eigenvalue weighted by Gasteiger charge is 2.37. The lowest BCUT2D eigenvalue weighted by molar-refractivity contribution is 0.0956. The summed E-state index contributed by atoms with van der Waals surface area (Å²) in [5.74, 6) is 0. The monoisotopic (exact) mass is 241 g/mol. The molecular formula is C16H19NO. The molecule has 0 spiro atoms. The van der Waals surface area contributed by atoms with E-state index >= 15 is 0 Å². The predicted molar refractivity (Wildman–Crippen MR) is 74.6 cm³/mol. The summed E-state index contributed by atoms with van der Waals surface area (Å²) in [4.78, 5) is 0. The van der Waals surface area contributed by atoms with Gasteiger partial charge in [-0.2, -0.15) is 0 Å². The Labute approximate surface area is 108 Å². The Morgan fingerprint density at radius 2 is 2.00 bits per heavy atom. The van der Waals surface area contributed by atoms with Gasteiger partial charge in [-0.25, -0.2) is 0 Å². The summed E-state index contributed by atoms with van der Waals surface area (Å²) in [6.07, 6.45) is 1.96. The number of fused-ring (bicyclic) bond motifs is 1. The first kappa shape index (κ1) is 11.7. The van der Waals surface area contributed by atoms with E-state index in [1.807, 2.05) is 0 Å². The van der Waals surface area contributed by atoms with Crippen molar-refractivity contribution in [2.24, 2.45) is 5.73 Å². The maximum Gasteiger partial charge on any atom is 0.0730 e. The Morgan fingerprint density at radius 1 is 1.22 bits per heavy atom. The van der Waals surface area contributed by atoms with E-state index < -0.39 is 0 Å². The van der Waals surface area contributed by atoms with Crippen molar-refractivity contribution in [1.82, 2.24) is 0 Å². The quantitative estimate of drug-likeness (QED) is 0.877. The molecule has 1 aliphatic heterocycles. The van der Waals surface area contributed by atoms with Gasteiger partial charge in [0.05, 0.1) is 6.10 Å². The van der Waals surface area contributed by atoms with Crippen LogP contribution in [-0.2, 0) is 11.2 Å². The zero-order valence-corrected chi connectivity index (χ0v) is 10.7. The Morgan fingerprint density at radius 3 is 2.78 bits per heavy atom. The second-order valence-corrected chi connectivity index (χ2v) is 5.31. The molecule has 0 radical (unpaired) electrons. The van der Waals surface area contributed by atoms with Crippen molar-refractivity contribution < 1.29 is 4.74 Å². The van der Waals surface area contributed by atoms with Crippen molar-refractivity contribution in [2.45, 2.75) is 31.4 Å². The van der Waals surface area contributed by atoms with Gasteiger partial charge in [0.15, 0.2) is 0 Å². The van der Waals surface area contributed by atoms with Gasteiger partial charge in [-0.15, -0.1) is 0 Å². The summed E-state index contributed by atoms with van der Waals surface area (Å²) in [5, 5.41) is 2.59. The van der Waals surface area contributed by atoms with Crippen LogP contribution in [0, 0.1) is 0 Å². The van der Waals surface area contributed by atoms with E-state index in [0.717, 1.165) is 19.4 Å². The molecule has 1 saturated heterocycles. The fourth-order valence-corrected chi connectivity index (χ4v) is 2.83. The molecule has 2 unspecified atom stereocenters. The highest BCUT2D eigenvalue weighted by molar-refractivity contribution is 5.85. The maximum atomic E-state index is 6.50. The summed E-state index contributed by atoms with van der Waals surface area (Å²) in [5.41, 5.74) is 7.61. The van der Waals surface area contributed by atoms with E-state index in [0.29, 0.717) is 0 Å². The molecule has 0 amide bonds. The highest BCUT2D eigenvalue weighted by atomic mass is 16.5. The van der Waals surface area contributed by atoms with Crippen molar-refractivity contribution in [2.75, 3.05) is 6.61 Å². The standard InChI is InChI=1S/C16H19NO/c1-12-16(17,9-10-18-12)11-14-7-4-6-13-5-2-3-8-15(13)14/h2-8,12H,9-11,17H2,1H3. The first-order valence-electron chi connectivity index (χ1n) is 6.56. The molecule has 1 heterocycles. The fourth-order valence-electron chi connectivity index (χ4n) is 2.83. The number of hydrogen-bond donors (Lipinski definition) is 1. The predicted octanol–water partition coefficient (Wildman–Crippen LogP) is 2.89. The molecule has 18 heavy (non-hydrogen) atoms. The van der Waals surface area contributed by atoms with Gasteiger partial charge < -0.3 is 10.5 Å². The Hall–Kier alpha value is -1.38. The topological polar surface area (TPSA) is 35.2 Å². The Bertz CT molecular complexity index is 561. The normalized spacial score (nSPS) is 27.8. The van der Waals surface area contributed by atoms with Crippen LogP contribution in [0.5, 0.6) is 0 Å². The number of hydrogen-bond acceptors (Lipinski definition) is 2. The SMILES string of the molecule is CC1OCCC1(N)Cc1cccc2ccccc12. The number of nitrogens with two attached hydrogens (primary N) is 1. The molecule has 2 aromatic carbocycles. The third-order valence-corrected chi connectivity index (χ3v) is 4.14. The average molecular weight is 241 g/mol. The molecule has 2 atom stereocenters. The maximum absolute atomic E-state index is 6.50. The van der Waals surface area contributed by atoms with Crippen molar-refractivity contribution in [3.8, 4) is 0 Å². The van der Waals surface area contributed by atoms with Crippen molar-refractivity contribution in [1.29, 1.82) is 0 Å². The van der Waals surface area contributed by atoms with Gasteiger partial charge in [0, 0.05) is 12.1 Å². The second-order valence-electron chi connectivity index (χ2n) is 5.31. The number of ether oxygens (including phenoxy) is 1. The van der Waals surface area contributed by atoms with Gasteiger partial charge in [-0.3, -0.25) is 0 Å². The van der Waals surface area contributed by atoms with Crippen LogP contribution >= 0.6 is 0 Å². The Kier molecular flexibility index (Phi) is 2.84. The van der Waals surface area contributed by atoms with Crippen molar-refractivity contribution >= 4 is 10.8 Å². The summed E-state index contributed by atoms with van der Waals surface area (Å²) in [6.45, 7) is 2.86. The second kappa shape index (κ2) is 4.38. The summed E-state index contributed by atoms with van der Waals surface area (Å²) < 4.78 is 5.63. The number of benzene rings is 2. The van der Waals surface area contributed by atoms with Crippen LogP contribution in [0.15, 0.2) is 42.5 Å². The van der Waals surface area contributed by atoms with Crippen LogP contribution in [0.3, 0.4) is 0 Å². The molecule has 2 nitrogen and oxygen atoms in total. The lowest BCUT2D eigenvalue weighted by atomic mass is 9.84. The number of rotatable bonds is 2. The lowest BCUT2D eigenvalue weighted by Crippen LogP contribution is -2.48. The molecule has 0 aromatic heterocycles. The van der Waals surface area contributed by atoms with Crippen molar-refractivity contribution in [3.05, 3.63) is 48.0 Å². The first-order valence-corrected chi connectivity index (χ1v) is 6.56. The first-order chi connectivity index (χ1) is 8.69. The van der Waals surface area contributed by atoms with Gasteiger partial charge in [-0.1, -0.05) is 42.5 Å².